The largest absolute Gasteiger partial charge is 0.497 e. The van der Waals surface area contributed by atoms with E-state index in [0.717, 1.165) is 10.5 Å². The van der Waals surface area contributed by atoms with Gasteiger partial charge in [-0.15, -0.1) is 0 Å². The van der Waals surface area contributed by atoms with Crippen molar-refractivity contribution in [1.29, 1.82) is 0 Å². The lowest BCUT2D eigenvalue weighted by atomic mass is 9.92. The van der Waals surface area contributed by atoms with Gasteiger partial charge in [0.2, 0.25) is 5.91 Å². The molecule has 0 spiro atoms. The molecule has 3 aromatic rings. The van der Waals surface area contributed by atoms with Crippen LogP contribution >= 0.6 is 0 Å². The minimum Gasteiger partial charge on any atom is -0.497 e. The number of carbonyl (C=O) groups is 3. The Bertz CT molecular complexity index is 1180. The number of imidazole rings is 1. The van der Waals surface area contributed by atoms with E-state index < -0.39 is 36.0 Å². The van der Waals surface area contributed by atoms with Crippen molar-refractivity contribution in [3.8, 4) is 5.75 Å². The van der Waals surface area contributed by atoms with Crippen LogP contribution in [0.25, 0.3) is 0 Å². The summed E-state index contributed by atoms with van der Waals surface area (Å²) in [6.45, 7) is 1.22. The average Bonchev–Trinajstić information content (AvgIpc) is 3.34. The van der Waals surface area contributed by atoms with Gasteiger partial charge in [0, 0.05) is 19.4 Å². The molecular formula is C24H25N5O4. The molecule has 1 aromatic heterocycles. The molecule has 4 rings (SSSR count). The second kappa shape index (κ2) is 8.78. The number of nitrogens with one attached hydrogen (secondary N) is 2. The van der Waals surface area contributed by atoms with E-state index in [4.69, 9.17) is 4.74 Å². The van der Waals surface area contributed by atoms with Crippen LogP contribution in [-0.4, -0.2) is 46.0 Å². The van der Waals surface area contributed by atoms with Crippen molar-refractivity contribution in [1.82, 2.24) is 25.1 Å². The minimum atomic E-state index is -1.23. The molecule has 0 radical (unpaired) electrons. The maximum Gasteiger partial charge on any atom is 0.325 e. The highest BCUT2D eigenvalue weighted by atomic mass is 16.5. The highest BCUT2D eigenvalue weighted by Crippen LogP contribution is 2.29. The fraction of sp³-hybridized carbons (Fsp3) is 0.250. The number of benzene rings is 2. The summed E-state index contributed by atoms with van der Waals surface area (Å²) in [6.07, 6.45) is 3.42. The number of rotatable bonds is 7. The Kier molecular flexibility index (Phi) is 5.87. The molecule has 2 unspecified atom stereocenters. The van der Waals surface area contributed by atoms with Crippen molar-refractivity contribution in [3.05, 3.63) is 83.9 Å². The third-order valence-corrected chi connectivity index (χ3v) is 5.80. The zero-order valence-corrected chi connectivity index (χ0v) is 18.6. The average molecular weight is 447 g/mol. The molecule has 1 aliphatic rings. The number of aromatic nitrogens is 2. The van der Waals surface area contributed by atoms with Crippen molar-refractivity contribution in [2.45, 2.75) is 18.5 Å². The molecule has 2 aromatic carbocycles. The van der Waals surface area contributed by atoms with Crippen LogP contribution in [0.1, 0.15) is 29.9 Å². The first kappa shape index (κ1) is 22.1. The third-order valence-electron chi connectivity index (χ3n) is 5.80. The smallest absolute Gasteiger partial charge is 0.325 e. The number of urea groups is 1. The Morgan fingerprint density at radius 3 is 2.45 bits per heavy atom. The van der Waals surface area contributed by atoms with Gasteiger partial charge in [-0.3, -0.25) is 14.5 Å². The van der Waals surface area contributed by atoms with Gasteiger partial charge in [0.15, 0.2) is 0 Å². The predicted octanol–water partition coefficient (Wildman–Crippen LogP) is 2.10. The van der Waals surface area contributed by atoms with E-state index in [9.17, 15) is 14.4 Å². The number of amides is 4. The van der Waals surface area contributed by atoms with E-state index in [2.05, 4.69) is 15.6 Å². The van der Waals surface area contributed by atoms with Crippen molar-refractivity contribution in [2.75, 3.05) is 13.7 Å². The first-order valence-corrected chi connectivity index (χ1v) is 10.4. The monoisotopic (exact) mass is 447 g/mol. The van der Waals surface area contributed by atoms with Crippen molar-refractivity contribution in [2.24, 2.45) is 7.05 Å². The summed E-state index contributed by atoms with van der Waals surface area (Å²) in [5, 5.41) is 5.63. The van der Waals surface area contributed by atoms with Crippen LogP contribution in [0.2, 0.25) is 0 Å². The number of aryl methyl sites for hydroxylation is 1. The van der Waals surface area contributed by atoms with E-state index in [0.29, 0.717) is 17.1 Å². The van der Waals surface area contributed by atoms with Crippen LogP contribution in [0.4, 0.5) is 4.79 Å². The summed E-state index contributed by atoms with van der Waals surface area (Å²) in [7, 11) is 3.40. The van der Waals surface area contributed by atoms with Crippen molar-refractivity contribution >= 4 is 17.8 Å². The molecule has 1 aliphatic heterocycles. The molecule has 2 N–H and O–H groups in total. The van der Waals surface area contributed by atoms with E-state index in [-0.39, 0.29) is 0 Å². The lowest BCUT2D eigenvalue weighted by Crippen LogP contribution is -2.44. The molecule has 9 heteroatoms. The second-order valence-corrected chi connectivity index (χ2v) is 7.98. The molecule has 2 heterocycles. The SMILES string of the molecule is COc1ccc(C(NC(=O)CN2C(=O)NC(C)(c3ccccc3)C2=O)c2nccn2C)cc1. The maximum absolute atomic E-state index is 13.1. The van der Waals surface area contributed by atoms with Crippen molar-refractivity contribution < 1.29 is 19.1 Å². The quantitative estimate of drug-likeness (QED) is 0.540. The van der Waals surface area contributed by atoms with Gasteiger partial charge in [-0.1, -0.05) is 42.5 Å². The van der Waals surface area contributed by atoms with Gasteiger partial charge in [0.05, 0.1) is 7.11 Å². The van der Waals surface area contributed by atoms with Crippen LogP contribution in [0.3, 0.4) is 0 Å². The van der Waals surface area contributed by atoms with Gasteiger partial charge in [-0.25, -0.2) is 9.78 Å². The first-order valence-electron chi connectivity index (χ1n) is 10.4. The molecule has 0 bridgehead atoms. The number of imide groups is 1. The topological polar surface area (TPSA) is 106 Å². The standard InChI is InChI=1S/C24H25N5O4/c1-24(17-7-5-4-6-8-17)22(31)29(23(32)27-24)15-19(30)26-20(21-25-13-14-28(21)2)16-9-11-18(33-3)12-10-16/h4-14,20H,15H2,1-3H3,(H,26,30)(H,27,32). The second-order valence-electron chi connectivity index (χ2n) is 7.98. The molecule has 1 fully saturated rings. The summed E-state index contributed by atoms with van der Waals surface area (Å²) in [6, 6.07) is 15.0. The van der Waals surface area contributed by atoms with Crippen LogP contribution in [0, 0.1) is 0 Å². The molecule has 4 amide bonds. The first-order chi connectivity index (χ1) is 15.8. The van der Waals surface area contributed by atoms with Gasteiger partial charge in [-0.05, 0) is 30.2 Å². The van der Waals surface area contributed by atoms with E-state index >= 15 is 0 Å². The highest BCUT2D eigenvalue weighted by molar-refractivity contribution is 6.09. The Hall–Kier alpha value is -4.14. The fourth-order valence-corrected chi connectivity index (χ4v) is 3.91. The van der Waals surface area contributed by atoms with Gasteiger partial charge in [0.25, 0.3) is 5.91 Å². The molecule has 1 saturated heterocycles. The summed E-state index contributed by atoms with van der Waals surface area (Å²) in [5.74, 6) is 0.328. The van der Waals surface area contributed by atoms with Gasteiger partial charge in [0.1, 0.15) is 29.7 Å². The molecule has 0 aliphatic carbocycles. The fourth-order valence-electron chi connectivity index (χ4n) is 3.91. The summed E-state index contributed by atoms with van der Waals surface area (Å²) in [4.78, 5) is 44.0. The number of hydrogen-bond acceptors (Lipinski definition) is 5. The van der Waals surface area contributed by atoms with Gasteiger partial charge < -0.3 is 19.9 Å². The van der Waals surface area contributed by atoms with E-state index in [1.54, 1.807) is 67.4 Å². The number of methoxy groups -OCH3 is 1. The Morgan fingerprint density at radius 2 is 1.85 bits per heavy atom. The molecule has 0 saturated carbocycles. The van der Waals surface area contributed by atoms with Crippen LogP contribution in [0.5, 0.6) is 5.75 Å². The molecular weight excluding hydrogens is 422 g/mol. The van der Waals surface area contributed by atoms with Gasteiger partial charge in [-0.2, -0.15) is 0 Å². The summed E-state index contributed by atoms with van der Waals surface area (Å²) < 4.78 is 7.02. The van der Waals surface area contributed by atoms with Gasteiger partial charge >= 0.3 is 6.03 Å². The molecule has 9 nitrogen and oxygen atoms in total. The zero-order chi connectivity index (χ0) is 23.6. The minimum absolute atomic E-state index is 0.413. The van der Waals surface area contributed by atoms with E-state index in [1.807, 2.05) is 25.2 Å². The lowest BCUT2D eigenvalue weighted by molar-refractivity contribution is -0.135. The predicted molar refractivity (Wildman–Crippen MR) is 120 cm³/mol. The van der Waals surface area contributed by atoms with E-state index in [1.165, 1.54) is 0 Å². The number of carbonyl (C=O) groups excluding carboxylic acids is 3. The van der Waals surface area contributed by atoms with Crippen molar-refractivity contribution in [3.63, 3.8) is 0 Å². The summed E-state index contributed by atoms with van der Waals surface area (Å²) >= 11 is 0. The zero-order valence-electron chi connectivity index (χ0n) is 18.6. The van der Waals surface area contributed by atoms with Crippen LogP contribution in [-0.2, 0) is 22.2 Å². The molecule has 2 atom stereocenters. The third kappa shape index (κ3) is 4.17. The summed E-state index contributed by atoms with van der Waals surface area (Å²) in [5.41, 5.74) is 0.202. The Labute approximate surface area is 191 Å². The highest BCUT2D eigenvalue weighted by Gasteiger charge is 2.49. The molecule has 33 heavy (non-hydrogen) atoms. The molecule has 170 valence electrons. The normalized spacial score (nSPS) is 18.7. The number of nitrogens with zero attached hydrogens (tertiary/aromatic N) is 3. The lowest BCUT2D eigenvalue weighted by Gasteiger charge is -2.23. The van der Waals surface area contributed by atoms with Crippen LogP contribution < -0.4 is 15.4 Å². The number of hydrogen-bond donors (Lipinski definition) is 2. The Morgan fingerprint density at radius 1 is 1.15 bits per heavy atom. The maximum atomic E-state index is 13.1. The Balaban J connectivity index is 1.54. The number of ether oxygens (including phenoxy) is 1. The van der Waals surface area contributed by atoms with Crippen LogP contribution in [0.15, 0.2) is 67.0 Å².